The first-order valence-corrected chi connectivity index (χ1v) is 13.0. The van der Waals surface area contributed by atoms with Crippen molar-refractivity contribution in [2.75, 3.05) is 0 Å². The number of carbonyl (C=O) groups is 1. The molecule has 2 heterocycles. The molecule has 0 unspecified atom stereocenters. The third kappa shape index (κ3) is 3.86. The van der Waals surface area contributed by atoms with Gasteiger partial charge in [-0.3, -0.25) is 4.79 Å². The fourth-order valence-corrected chi connectivity index (χ4v) is 5.90. The van der Waals surface area contributed by atoms with Gasteiger partial charge in [-0.25, -0.2) is 0 Å². The van der Waals surface area contributed by atoms with Crippen LogP contribution in [-0.4, -0.2) is 10.9 Å². The second-order valence-corrected chi connectivity index (χ2v) is 11.4. The number of rotatable bonds is 4. The zero-order chi connectivity index (χ0) is 24.9. The highest BCUT2D eigenvalue weighted by molar-refractivity contribution is 7.18. The smallest absolute Gasteiger partial charge is 0.150 e. The fraction of sp³-hybridized carbons (Fsp3) is 0.121. The van der Waals surface area contributed by atoms with Crippen LogP contribution in [0, 0.1) is 0 Å². The van der Waals surface area contributed by atoms with E-state index < -0.39 is 0 Å². The number of para-hydroxylation sites is 1. The summed E-state index contributed by atoms with van der Waals surface area (Å²) in [6.45, 7) is 6.75. The molecule has 0 saturated heterocycles. The Morgan fingerprint density at radius 1 is 0.667 bits per heavy atom. The van der Waals surface area contributed by atoms with Crippen molar-refractivity contribution < 1.29 is 4.79 Å². The number of hydrogen-bond donors (Lipinski definition) is 0. The van der Waals surface area contributed by atoms with Gasteiger partial charge in [0.05, 0.1) is 11.0 Å². The molecule has 2 aromatic heterocycles. The lowest BCUT2D eigenvalue weighted by atomic mass is 9.87. The van der Waals surface area contributed by atoms with Crippen LogP contribution in [0.25, 0.3) is 48.4 Å². The van der Waals surface area contributed by atoms with E-state index in [2.05, 4.69) is 104 Å². The molecular formula is C33H27NOS. The van der Waals surface area contributed by atoms with Crippen molar-refractivity contribution >= 4 is 39.4 Å². The first kappa shape index (κ1) is 22.5. The van der Waals surface area contributed by atoms with E-state index in [1.165, 1.54) is 48.4 Å². The van der Waals surface area contributed by atoms with Gasteiger partial charge in [0, 0.05) is 31.8 Å². The largest absolute Gasteiger partial charge is 0.309 e. The molecule has 0 radical (unpaired) electrons. The van der Waals surface area contributed by atoms with Crippen LogP contribution in [0.15, 0.2) is 103 Å². The van der Waals surface area contributed by atoms with Crippen LogP contribution in [0.4, 0.5) is 0 Å². The summed E-state index contributed by atoms with van der Waals surface area (Å²) in [6.07, 6.45) is 0.883. The van der Waals surface area contributed by atoms with Gasteiger partial charge >= 0.3 is 0 Å². The van der Waals surface area contributed by atoms with Crippen molar-refractivity contribution in [3.05, 3.63) is 114 Å². The van der Waals surface area contributed by atoms with Crippen LogP contribution in [0.5, 0.6) is 0 Å². The standard InChI is InChI=1S/C33H27NOS/c1-33(2,3)25-13-15-26(16-14-25)34-29-7-5-4-6-27(29)28-20-24(12-17-30(28)34)32-19-18-31(36-32)23-10-8-22(21-35)9-11-23/h4-21H,1-3H3. The van der Waals surface area contributed by atoms with Crippen LogP contribution >= 0.6 is 11.3 Å². The lowest BCUT2D eigenvalue weighted by Gasteiger charge is -2.19. The summed E-state index contributed by atoms with van der Waals surface area (Å²) < 4.78 is 2.37. The SMILES string of the molecule is CC(C)(C)c1ccc(-n2c3ccccc3c3cc(-c4ccc(-c5ccc(C=O)cc5)s4)ccc32)cc1. The molecule has 6 rings (SSSR count). The molecule has 0 saturated carbocycles. The van der Waals surface area contributed by atoms with Gasteiger partial charge in [0.25, 0.3) is 0 Å². The van der Waals surface area contributed by atoms with Crippen molar-refractivity contribution in [1.29, 1.82) is 0 Å². The maximum Gasteiger partial charge on any atom is 0.150 e. The highest BCUT2D eigenvalue weighted by Gasteiger charge is 2.16. The maximum absolute atomic E-state index is 11.0. The van der Waals surface area contributed by atoms with Crippen LogP contribution in [0.2, 0.25) is 0 Å². The number of nitrogens with zero attached hydrogens (tertiary/aromatic N) is 1. The number of benzene rings is 4. The quantitative estimate of drug-likeness (QED) is 0.228. The van der Waals surface area contributed by atoms with E-state index in [1.54, 1.807) is 11.3 Å². The molecule has 0 amide bonds. The molecule has 0 atom stereocenters. The second-order valence-electron chi connectivity index (χ2n) is 10.3. The minimum atomic E-state index is 0.129. The fourth-order valence-electron chi connectivity index (χ4n) is 4.89. The van der Waals surface area contributed by atoms with Crippen LogP contribution in [0.1, 0.15) is 36.7 Å². The molecule has 0 bridgehead atoms. The summed E-state index contributed by atoms with van der Waals surface area (Å²) in [5, 5.41) is 2.52. The lowest BCUT2D eigenvalue weighted by Crippen LogP contribution is -2.10. The molecule has 3 heteroatoms. The number of fused-ring (bicyclic) bond motifs is 3. The second kappa shape index (κ2) is 8.61. The van der Waals surface area contributed by atoms with Crippen molar-refractivity contribution in [1.82, 2.24) is 4.57 Å². The monoisotopic (exact) mass is 485 g/mol. The molecule has 6 aromatic rings. The summed E-state index contributed by atoms with van der Waals surface area (Å²) in [4.78, 5) is 13.4. The van der Waals surface area contributed by atoms with Crippen molar-refractivity contribution in [2.45, 2.75) is 26.2 Å². The Morgan fingerprint density at radius 2 is 1.31 bits per heavy atom. The Bertz CT molecular complexity index is 1710. The van der Waals surface area contributed by atoms with Gasteiger partial charge in [-0.1, -0.05) is 81.4 Å². The molecule has 0 fully saturated rings. The van der Waals surface area contributed by atoms with Gasteiger partial charge in [-0.15, -0.1) is 11.3 Å². The minimum absolute atomic E-state index is 0.129. The zero-order valence-electron chi connectivity index (χ0n) is 20.7. The van der Waals surface area contributed by atoms with Gasteiger partial charge in [-0.2, -0.15) is 0 Å². The predicted octanol–water partition coefficient (Wildman–Crippen LogP) is 9.29. The molecule has 0 N–H and O–H groups in total. The van der Waals surface area contributed by atoms with Crippen LogP contribution < -0.4 is 0 Å². The van der Waals surface area contributed by atoms with Crippen molar-refractivity contribution in [3.63, 3.8) is 0 Å². The lowest BCUT2D eigenvalue weighted by molar-refractivity contribution is 0.112. The normalized spacial score (nSPS) is 11.9. The average Bonchev–Trinajstić information content (AvgIpc) is 3.51. The van der Waals surface area contributed by atoms with Crippen molar-refractivity contribution in [3.8, 4) is 26.6 Å². The van der Waals surface area contributed by atoms with E-state index in [0.717, 1.165) is 11.8 Å². The van der Waals surface area contributed by atoms with Gasteiger partial charge in [0.1, 0.15) is 6.29 Å². The third-order valence-corrected chi connectivity index (χ3v) is 8.07. The third-order valence-electron chi connectivity index (χ3n) is 6.89. The van der Waals surface area contributed by atoms with E-state index in [1.807, 2.05) is 24.3 Å². The predicted molar refractivity (Wildman–Crippen MR) is 154 cm³/mol. The summed E-state index contributed by atoms with van der Waals surface area (Å²) in [5.41, 5.74) is 8.13. The number of carbonyl (C=O) groups excluding carboxylic acids is 1. The van der Waals surface area contributed by atoms with E-state index >= 15 is 0 Å². The Hall–Kier alpha value is -3.95. The summed E-state index contributed by atoms with van der Waals surface area (Å²) in [7, 11) is 0. The average molecular weight is 486 g/mol. The molecule has 4 aromatic carbocycles. The van der Waals surface area contributed by atoms with E-state index in [-0.39, 0.29) is 5.41 Å². The Labute approximate surface area is 215 Å². The molecular weight excluding hydrogens is 458 g/mol. The van der Waals surface area contributed by atoms with E-state index in [0.29, 0.717) is 5.56 Å². The Balaban J connectivity index is 1.45. The highest BCUT2D eigenvalue weighted by atomic mass is 32.1. The summed E-state index contributed by atoms with van der Waals surface area (Å²) in [6, 6.07) is 36.6. The number of aldehydes is 1. The first-order chi connectivity index (χ1) is 17.4. The van der Waals surface area contributed by atoms with Gasteiger partial charge < -0.3 is 4.57 Å². The Morgan fingerprint density at radius 3 is 2.00 bits per heavy atom. The molecule has 0 aliphatic rings. The van der Waals surface area contributed by atoms with E-state index in [4.69, 9.17) is 0 Å². The highest BCUT2D eigenvalue weighted by Crippen LogP contribution is 2.39. The Kier molecular flexibility index (Phi) is 5.39. The summed E-state index contributed by atoms with van der Waals surface area (Å²) >= 11 is 1.78. The van der Waals surface area contributed by atoms with Crippen LogP contribution in [-0.2, 0) is 5.41 Å². The number of hydrogen-bond acceptors (Lipinski definition) is 2. The topological polar surface area (TPSA) is 22.0 Å². The molecule has 0 spiro atoms. The minimum Gasteiger partial charge on any atom is -0.309 e. The molecule has 176 valence electrons. The zero-order valence-corrected chi connectivity index (χ0v) is 21.5. The molecule has 2 nitrogen and oxygen atoms in total. The molecule has 36 heavy (non-hydrogen) atoms. The number of aromatic nitrogens is 1. The van der Waals surface area contributed by atoms with E-state index in [9.17, 15) is 4.79 Å². The maximum atomic E-state index is 11.0. The van der Waals surface area contributed by atoms with Gasteiger partial charge in [-0.05, 0) is 64.6 Å². The van der Waals surface area contributed by atoms with Gasteiger partial charge in [0.2, 0.25) is 0 Å². The first-order valence-electron chi connectivity index (χ1n) is 12.2. The van der Waals surface area contributed by atoms with Crippen molar-refractivity contribution in [2.24, 2.45) is 0 Å². The summed E-state index contributed by atoms with van der Waals surface area (Å²) in [5.74, 6) is 0. The molecule has 0 aliphatic carbocycles. The molecule has 0 aliphatic heterocycles. The van der Waals surface area contributed by atoms with Gasteiger partial charge in [0.15, 0.2) is 0 Å². The van der Waals surface area contributed by atoms with Crippen LogP contribution in [0.3, 0.4) is 0 Å². The number of thiophene rings is 1.